The molecular formula is C16H18O3. The summed E-state index contributed by atoms with van der Waals surface area (Å²) in [4.78, 5) is 12.0. The van der Waals surface area contributed by atoms with Gasteiger partial charge in [0.05, 0.1) is 6.10 Å². The zero-order valence-corrected chi connectivity index (χ0v) is 11.6. The lowest BCUT2D eigenvalue weighted by atomic mass is 10.0. The van der Waals surface area contributed by atoms with Crippen LogP contribution >= 0.6 is 0 Å². The Bertz CT molecular complexity index is 695. The van der Waals surface area contributed by atoms with Crippen LogP contribution in [-0.4, -0.2) is 6.10 Å². The molecule has 2 aromatic rings. The summed E-state index contributed by atoms with van der Waals surface area (Å²) in [7, 11) is 0. The fourth-order valence-corrected chi connectivity index (χ4v) is 2.84. The minimum absolute atomic E-state index is 0.109. The van der Waals surface area contributed by atoms with Crippen LogP contribution in [0.5, 0.6) is 5.75 Å². The third-order valence-corrected chi connectivity index (χ3v) is 3.70. The largest absolute Gasteiger partial charge is 0.491 e. The minimum Gasteiger partial charge on any atom is -0.491 e. The molecule has 3 heteroatoms. The summed E-state index contributed by atoms with van der Waals surface area (Å²) in [6.07, 6.45) is 2.97. The first-order valence-electron chi connectivity index (χ1n) is 6.82. The summed E-state index contributed by atoms with van der Waals surface area (Å²) in [5.41, 5.74) is 3.46. The fraction of sp³-hybridized carbons (Fsp3) is 0.438. The van der Waals surface area contributed by atoms with Crippen LogP contribution in [0.25, 0.3) is 11.0 Å². The van der Waals surface area contributed by atoms with Gasteiger partial charge < -0.3 is 9.15 Å². The average molecular weight is 258 g/mol. The molecule has 0 fully saturated rings. The minimum atomic E-state index is -0.176. The molecule has 0 unspecified atom stereocenters. The van der Waals surface area contributed by atoms with Gasteiger partial charge in [0.25, 0.3) is 0 Å². The van der Waals surface area contributed by atoms with Crippen LogP contribution in [0.3, 0.4) is 0 Å². The van der Waals surface area contributed by atoms with Gasteiger partial charge >= 0.3 is 5.63 Å². The van der Waals surface area contributed by atoms with Crippen LogP contribution in [0.4, 0.5) is 0 Å². The Balaban J connectivity index is 2.27. The molecule has 3 rings (SSSR count). The van der Waals surface area contributed by atoms with Gasteiger partial charge in [0.15, 0.2) is 0 Å². The summed E-state index contributed by atoms with van der Waals surface area (Å²) in [6.45, 7) is 5.93. The Morgan fingerprint density at radius 1 is 1.21 bits per heavy atom. The summed E-state index contributed by atoms with van der Waals surface area (Å²) in [6, 6.07) is 4.00. The van der Waals surface area contributed by atoms with Crippen LogP contribution in [0, 0.1) is 6.92 Å². The maximum absolute atomic E-state index is 12.0. The Morgan fingerprint density at radius 2 is 1.95 bits per heavy atom. The zero-order valence-electron chi connectivity index (χ0n) is 11.6. The molecular weight excluding hydrogens is 240 g/mol. The first-order valence-corrected chi connectivity index (χ1v) is 6.82. The maximum Gasteiger partial charge on any atom is 0.339 e. The van der Waals surface area contributed by atoms with Gasteiger partial charge in [-0.2, -0.15) is 0 Å². The molecule has 0 radical (unpaired) electrons. The summed E-state index contributed by atoms with van der Waals surface area (Å²) in [5, 5.41) is 1.07. The molecule has 0 N–H and O–H groups in total. The lowest BCUT2D eigenvalue weighted by Gasteiger charge is -2.14. The highest BCUT2D eigenvalue weighted by molar-refractivity contribution is 5.86. The number of aryl methyl sites for hydroxylation is 2. The Labute approximate surface area is 112 Å². The predicted molar refractivity (Wildman–Crippen MR) is 75.0 cm³/mol. The van der Waals surface area contributed by atoms with E-state index in [0.717, 1.165) is 41.5 Å². The molecule has 0 saturated heterocycles. The average Bonchev–Trinajstić information content (AvgIpc) is 2.83. The van der Waals surface area contributed by atoms with Gasteiger partial charge in [-0.25, -0.2) is 4.79 Å². The van der Waals surface area contributed by atoms with Crippen molar-refractivity contribution in [2.45, 2.75) is 46.1 Å². The van der Waals surface area contributed by atoms with E-state index in [1.165, 1.54) is 5.56 Å². The van der Waals surface area contributed by atoms with Crippen LogP contribution in [0.15, 0.2) is 21.3 Å². The Morgan fingerprint density at radius 3 is 2.68 bits per heavy atom. The van der Waals surface area contributed by atoms with Gasteiger partial charge in [0.1, 0.15) is 11.3 Å². The smallest absolute Gasteiger partial charge is 0.339 e. The third kappa shape index (κ3) is 1.93. The SMILES string of the molecule is Cc1c(OC(C)C)ccc2c3c(c(=O)oc12)CCC3. The number of rotatable bonds is 2. The van der Waals surface area contributed by atoms with Crippen molar-refractivity contribution in [1.82, 2.24) is 0 Å². The number of fused-ring (bicyclic) bond motifs is 3. The quantitative estimate of drug-likeness (QED) is 0.775. The van der Waals surface area contributed by atoms with E-state index in [2.05, 4.69) is 0 Å². The normalized spacial score (nSPS) is 14.1. The summed E-state index contributed by atoms with van der Waals surface area (Å²) >= 11 is 0. The van der Waals surface area contributed by atoms with Crippen LogP contribution in [0.1, 0.15) is 37.0 Å². The number of ether oxygens (including phenoxy) is 1. The van der Waals surface area contributed by atoms with Crippen molar-refractivity contribution in [2.24, 2.45) is 0 Å². The van der Waals surface area contributed by atoms with E-state index in [9.17, 15) is 4.79 Å². The lowest BCUT2D eigenvalue weighted by molar-refractivity contribution is 0.241. The zero-order chi connectivity index (χ0) is 13.6. The van der Waals surface area contributed by atoms with Crippen LogP contribution < -0.4 is 10.4 Å². The van der Waals surface area contributed by atoms with Crippen LogP contribution in [-0.2, 0) is 12.8 Å². The first kappa shape index (κ1) is 12.3. The van der Waals surface area contributed by atoms with Crippen molar-refractivity contribution in [2.75, 3.05) is 0 Å². The molecule has 0 aliphatic heterocycles. The molecule has 0 spiro atoms. The Kier molecular flexibility index (Phi) is 2.85. The van der Waals surface area contributed by atoms with Gasteiger partial charge in [0.2, 0.25) is 0 Å². The standard InChI is InChI=1S/C16H18O3/c1-9(2)18-14-8-7-12-11-5-4-6-13(11)16(17)19-15(12)10(14)3/h7-9H,4-6H2,1-3H3. The maximum atomic E-state index is 12.0. The lowest BCUT2D eigenvalue weighted by Crippen LogP contribution is -2.09. The topological polar surface area (TPSA) is 39.4 Å². The highest BCUT2D eigenvalue weighted by Crippen LogP contribution is 2.33. The molecule has 1 heterocycles. The second-order valence-electron chi connectivity index (χ2n) is 5.43. The van der Waals surface area contributed by atoms with Gasteiger partial charge in [-0.15, -0.1) is 0 Å². The summed E-state index contributed by atoms with van der Waals surface area (Å²) < 4.78 is 11.3. The van der Waals surface area contributed by atoms with Crippen molar-refractivity contribution in [1.29, 1.82) is 0 Å². The van der Waals surface area contributed by atoms with E-state index in [1.54, 1.807) is 0 Å². The molecule has 3 nitrogen and oxygen atoms in total. The monoisotopic (exact) mass is 258 g/mol. The summed E-state index contributed by atoms with van der Waals surface area (Å²) in [5.74, 6) is 0.795. The van der Waals surface area contributed by atoms with Crippen LogP contribution in [0.2, 0.25) is 0 Å². The fourth-order valence-electron chi connectivity index (χ4n) is 2.84. The molecule has 1 aliphatic rings. The van der Waals surface area contributed by atoms with Gasteiger partial charge in [-0.05, 0) is 57.7 Å². The number of benzene rings is 1. The van der Waals surface area contributed by atoms with Crippen molar-refractivity contribution >= 4 is 11.0 Å². The first-order chi connectivity index (χ1) is 9.08. The van der Waals surface area contributed by atoms with E-state index in [4.69, 9.17) is 9.15 Å². The van der Waals surface area contributed by atoms with Gasteiger partial charge in [-0.3, -0.25) is 0 Å². The predicted octanol–water partition coefficient (Wildman–Crippen LogP) is 3.38. The van der Waals surface area contributed by atoms with Crippen molar-refractivity contribution < 1.29 is 9.15 Å². The molecule has 0 bridgehead atoms. The second-order valence-corrected chi connectivity index (χ2v) is 5.43. The van der Waals surface area contributed by atoms with E-state index in [0.29, 0.717) is 5.58 Å². The molecule has 100 valence electrons. The number of hydrogen-bond acceptors (Lipinski definition) is 3. The molecule has 0 amide bonds. The molecule has 1 aromatic heterocycles. The van der Waals surface area contributed by atoms with Gasteiger partial charge in [-0.1, -0.05) is 0 Å². The molecule has 1 aromatic carbocycles. The van der Waals surface area contributed by atoms with Gasteiger partial charge in [0, 0.05) is 16.5 Å². The van der Waals surface area contributed by atoms with Crippen molar-refractivity contribution in [3.05, 3.63) is 39.2 Å². The van der Waals surface area contributed by atoms with E-state index < -0.39 is 0 Å². The molecule has 0 atom stereocenters. The molecule has 1 aliphatic carbocycles. The Hall–Kier alpha value is -1.77. The number of hydrogen-bond donors (Lipinski definition) is 0. The van der Waals surface area contributed by atoms with Crippen molar-refractivity contribution in [3.63, 3.8) is 0 Å². The molecule has 19 heavy (non-hydrogen) atoms. The highest BCUT2D eigenvalue weighted by atomic mass is 16.5. The molecule has 0 saturated carbocycles. The van der Waals surface area contributed by atoms with Crippen molar-refractivity contribution in [3.8, 4) is 5.75 Å². The van der Waals surface area contributed by atoms with E-state index in [-0.39, 0.29) is 11.7 Å². The van der Waals surface area contributed by atoms with E-state index >= 15 is 0 Å². The van der Waals surface area contributed by atoms with E-state index in [1.807, 2.05) is 32.9 Å². The third-order valence-electron chi connectivity index (χ3n) is 3.70. The highest BCUT2D eigenvalue weighted by Gasteiger charge is 2.21. The second kappa shape index (κ2) is 4.41.